The summed E-state index contributed by atoms with van der Waals surface area (Å²) >= 11 is 0. The first-order valence-electron chi connectivity index (χ1n) is 6.49. The Hall–Kier alpha value is -1.87. The Labute approximate surface area is 114 Å². The van der Waals surface area contributed by atoms with E-state index in [0.717, 1.165) is 24.2 Å². The highest BCUT2D eigenvalue weighted by Gasteiger charge is 2.08. The third kappa shape index (κ3) is 3.80. The molecule has 2 aromatic rings. The number of pyridine rings is 1. The van der Waals surface area contributed by atoms with Crippen LogP contribution in [0.1, 0.15) is 29.2 Å². The summed E-state index contributed by atoms with van der Waals surface area (Å²) in [5.74, 6) is 0.753. The fourth-order valence-electron chi connectivity index (χ4n) is 2.11. The molecule has 0 spiro atoms. The van der Waals surface area contributed by atoms with Crippen LogP contribution in [0.3, 0.4) is 0 Å². The first-order valence-corrected chi connectivity index (χ1v) is 6.49. The van der Waals surface area contributed by atoms with Crippen LogP contribution in [-0.4, -0.2) is 12.1 Å². The van der Waals surface area contributed by atoms with Crippen molar-refractivity contribution in [3.05, 3.63) is 59.4 Å². The lowest BCUT2D eigenvalue weighted by molar-refractivity contribution is 0.411. The van der Waals surface area contributed by atoms with E-state index in [2.05, 4.69) is 36.2 Å². The van der Waals surface area contributed by atoms with Gasteiger partial charge in [-0.25, -0.2) is 0 Å². The standard InChI is InChI=1S/C16H20N2O/c1-12-4-3-5-13(8-12)6-7-16(17)14-9-15(19-2)11-18-10-14/h3-5,8-11,16H,6-7,17H2,1-2H3. The number of methoxy groups -OCH3 is 1. The fraction of sp³-hybridized carbons (Fsp3) is 0.312. The van der Waals surface area contributed by atoms with Gasteiger partial charge in [-0.2, -0.15) is 0 Å². The van der Waals surface area contributed by atoms with E-state index in [1.165, 1.54) is 11.1 Å². The average Bonchev–Trinajstić information content (AvgIpc) is 2.45. The molecular formula is C16H20N2O. The van der Waals surface area contributed by atoms with Crippen molar-refractivity contribution in [2.24, 2.45) is 5.73 Å². The molecule has 3 nitrogen and oxygen atoms in total. The number of ether oxygens (including phenoxy) is 1. The van der Waals surface area contributed by atoms with Crippen molar-refractivity contribution in [2.75, 3.05) is 7.11 Å². The summed E-state index contributed by atoms with van der Waals surface area (Å²) in [4.78, 5) is 4.14. The molecule has 0 radical (unpaired) electrons. The molecule has 1 aromatic carbocycles. The van der Waals surface area contributed by atoms with Crippen LogP contribution in [0, 0.1) is 6.92 Å². The molecule has 0 amide bonds. The van der Waals surface area contributed by atoms with Crippen LogP contribution in [0.15, 0.2) is 42.7 Å². The second-order valence-corrected chi connectivity index (χ2v) is 4.79. The quantitative estimate of drug-likeness (QED) is 0.894. The minimum atomic E-state index is -0.0110. The second-order valence-electron chi connectivity index (χ2n) is 4.79. The first-order chi connectivity index (χ1) is 9.19. The van der Waals surface area contributed by atoms with Gasteiger partial charge in [-0.1, -0.05) is 29.8 Å². The topological polar surface area (TPSA) is 48.1 Å². The molecule has 3 heteroatoms. The van der Waals surface area contributed by atoms with Gasteiger partial charge >= 0.3 is 0 Å². The number of aryl methyl sites for hydroxylation is 2. The largest absolute Gasteiger partial charge is 0.495 e. The predicted octanol–water partition coefficient (Wildman–Crippen LogP) is 3.03. The Morgan fingerprint density at radius 2 is 2.11 bits per heavy atom. The van der Waals surface area contributed by atoms with Gasteiger partial charge in [0.05, 0.1) is 13.3 Å². The number of benzene rings is 1. The van der Waals surface area contributed by atoms with E-state index in [0.29, 0.717) is 0 Å². The summed E-state index contributed by atoms with van der Waals surface area (Å²) in [6.07, 6.45) is 5.37. The molecule has 0 fully saturated rings. The predicted molar refractivity (Wildman–Crippen MR) is 77.2 cm³/mol. The van der Waals surface area contributed by atoms with Gasteiger partial charge in [-0.3, -0.25) is 4.98 Å². The van der Waals surface area contributed by atoms with Crippen LogP contribution in [0.5, 0.6) is 5.75 Å². The Bertz CT molecular complexity index is 540. The molecule has 0 aliphatic carbocycles. The van der Waals surface area contributed by atoms with Crippen molar-refractivity contribution in [3.8, 4) is 5.75 Å². The molecule has 19 heavy (non-hydrogen) atoms. The molecular weight excluding hydrogens is 236 g/mol. The van der Waals surface area contributed by atoms with Crippen LogP contribution < -0.4 is 10.5 Å². The average molecular weight is 256 g/mol. The Morgan fingerprint density at radius 1 is 1.26 bits per heavy atom. The third-order valence-electron chi connectivity index (χ3n) is 3.22. The highest BCUT2D eigenvalue weighted by atomic mass is 16.5. The van der Waals surface area contributed by atoms with Crippen LogP contribution in [0.4, 0.5) is 0 Å². The molecule has 0 saturated carbocycles. The summed E-state index contributed by atoms with van der Waals surface area (Å²) in [6.45, 7) is 2.11. The lowest BCUT2D eigenvalue weighted by Gasteiger charge is -2.12. The maximum Gasteiger partial charge on any atom is 0.137 e. The Balaban J connectivity index is 1.99. The summed E-state index contributed by atoms with van der Waals surface area (Å²) in [5.41, 5.74) is 9.84. The highest BCUT2D eigenvalue weighted by Crippen LogP contribution is 2.20. The molecule has 2 N–H and O–H groups in total. The number of hydrogen-bond acceptors (Lipinski definition) is 3. The first kappa shape index (κ1) is 13.6. The van der Waals surface area contributed by atoms with Gasteiger partial charge in [-0.15, -0.1) is 0 Å². The highest BCUT2D eigenvalue weighted by molar-refractivity contribution is 5.26. The van der Waals surface area contributed by atoms with Crippen molar-refractivity contribution in [1.82, 2.24) is 4.98 Å². The zero-order valence-electron chi connectivity index (χ0n) is 11.5. The summed E-state index contributed by atoms with van der Waals surface area (Å²) in [5, 5.41) is 0. The van der Waals surface area contributed by atoms with Crippen molar-refractivity contribution in [1.29, 1.82) is 0 Å². The van der Waals surface area contributed by atoms with Crippen LogP contribution in [0.25, 0.3) is 0 Å². The molecule has 0 aliphatic heterocycles. The van der Waals surface area contributed by atoms with E-state index in [-0.39, 0.29) is 6.04 Å². The number of aromatic nitrogens is 1. The number of nitrogens with two attached hydrogens (primary N) is 1. The van der Waals surface area contributed by atoms with Crippen LogP contribution >= 0.6 is 0 Å². The molecule has 0 aliphatic rings. The van der Waals surface area contributed by atoms with E-state index in [4.69, 9.17) is 10.5 Å². The van der Waals surface area contributed by atoms with E-state index in [9.17, 15) is 0 Å². The maximum atomic E-state index is 6.21. The van der Waals surface area contributed by atoms with Crippen molar-refractivity contribution >= 4 is 0 Å². The van der Waals surface area contributed by atoms with E-state index in [1.807, 2.05) is 12.3 Å². The lowest BCUT2D eigenvalue weighted by Crippen LogP contribution is -2.11. The van der Waals surface area contributed by atoms with Gasteiger partial charge in [0.25, 0.3) is 0 Å². The molecule has 0 bridgehead atoms. The zero-order valence-corrected chi connectivity index (χ0v) is 11.5. The van der Waals surface area contributed by atoms with Crippen molar-refractivity contribution in [2.45, 2.75) is 25.8 Å². The Morgan fingerprint density at radius 3 is 2.84 bits per heavy atom. The van der Waals surface area contributed by atoms with Gasteiger partial charge in [0, 0.05) is 12.2 Å². The molecule has 1 unspecified atom stereocenters. The van der Waals surface area contributed by atoms with Gasteiger partial charge in [0.1, 0.15) is 5.75 Å². The normalized spacial score (nSPS) is 12.2. The molecule has 2 rings (SSSR count). The van der Waals surface area contributed by atoms with Gasteiger partial charge in [0.15, 0.2) is 0 Å². The van der Waals surface area contributed by atoms with E-state index in [1.54, 1.807) is 13.3 Å². The number of nitrogens with zero attached hydrogens (tertiary/aromatic N) is 1. The molecule has 1 heterocycles. The lowest BCUT2D eigenvalue weighted by atomic mass is 10.00. The molecule has 0 saturated heterocycles. The fourth-order valence-corrected chi connectivity index (χ4v) is 2.11. The zero-order chi connectivity index (χ0) is 13.7. The molecule has 100 valence electrons. The van der Waals surface area contributed by atoms with Gasteiger partial charge in [0.2, 0.25) is 0 Å². The number of rotatable bonds is 5. The van der Waals surface area contributed by atoms with E-state index >= 15 is 0 Å². The molecule has 1 atom stereocenters. The Kier molecular flexibility index (Phi) is 4.53. The summed E-state index contributed by atoms with van der Waals surface area (Å²) < 4.78 is 5.17. The molecule has 1 aromatic heterocycles. The monoisotopic (exact) mass is 256 g/mol. The van der Waals surface area contributed by atoms with Gasteiger partial charge < -0.3 is 10.5 Å². The second kappa shape index (κ2) is 6.34. The van der Waals surface area contributed by atoms with Crippen molar-refractivity contribution in [3.63, 3.8) is 0 Å². The van der Waals surface area contributed by atoms with Gasteiger partial charge in [-0.05, 0) is 37.0 Å². The smallest absolute Gasteiger partial charge is 0.137 e. The van der Waals surface area contributed by atoms with E-state index < -0.39 is 0 Å². The third-order valence-corrected chi connectivity index (χ3v) is 3.22. The maximum absolute atomic E-state index is 6.21. The minimum absolute atomic E-state index is 0.0110. The summed E-state index contributed by atoms with van der Waals surface area (Å²) in [6, 6.07) is 10.5. The SMILES string of the molecule is COc1cncc(C(N)CCc2cccc(C)c2)c1. The number of hydrogen-bond donors (Lipinski definition) is 1. The minimum Gasteiger partial charge on any atom is -0.495 e. The summed E-state index contributed by atoms with van der Waals surface area (Å²) in [7, 11) is 1.64. The van der Waals surface area contributed by atoms with Crippen LogP contribution in [-0.2, 0) is 6.42 Å². The van der Waals surface area contributed by atoms with Crippen molar-refractivity contribution < 1.29 is 4.74 Å². The van der Waals surface area contributed by atoms with Crippen LogP contribution in [0.2, 0.25) is 0 Å².